The van der Waals surface area contributed by atoms with Crippen molar-refractivity contribution in [1.82, 2.24) is 9.55 Å². The molecular weight excluding hydrogens is 274 g/mol. The minimum Gasteiger partial charge on any atom is -0.495 e. The zero-order chi connectivity index (χ0) is 14.3. The molecule has 1 aromatic heterocycles. The molecule has 0 amide bonds. The highest BCUT2D eigenvalue weighted by molar-refractivity contribution is 6.32. The van der Waals surface area contributed by atoms with Crippen molar-refractivity contribution in [2.24, 2.45) is 0 Å². The van der Waals surface area contributed by atoms with Gasteiger partial charge in [0.1, 0.15) is 5.75 Å². The molecule has 0 saturated carbocycles. The second kappa shape index (κ2) is 4.72. The highest BCUT2D eigenvalue weighted by Crippen LogP contribution is 2.30. The van der Waals surface area contributed by atoms with Crippen LogP contribution in [0.2, 0.25) is 5.02 Å². The predicted octanol–water partition coefficient (Wildman–Crippen LogP) is 3.58. The first-order valence-electron chi connectivity index (χ1n) is 6.19. The summed E-state index contributed by atoms with van der Waals surface area (Å²) in [5.41, 5.74) is 9.87. The highest BCUT2D eigenvalue weighted by Gasteiger charge is 2.12. The number of hydrogen-bond donors (Lipinski definition) is 1. The van der Waals surface area contributed by atoms with Crippen LogP contribution >= 0.6 is 11.6 Å². The van der Waals surface area contributed by atoms with Gasteiger partial charge in [-0.2, -0.15) is 0 Å². The smallest absolute Gasteiger partial charge is 0.205 e. The minimum atomic E-state index is 0.440. The zero-order valence-corrected chi connectivity index (χ0v) is 12.0. The number of fused-ring (bicyclic) bond motifs is 1. The van der Waals surface area contributed by atoms with Crippen LogP contribution in [0.15, 0.2) is 36.4 Å². The summed E-state index contributed by atoms with van der Waals surface area (Å²) in [5, 5.41) is 0.541. The summed E-state index contributed by atoms with van der Waals surface area (Å²) in [4.78, 5) is 4.43. The summed E-state index contributed by atoms with van der Waals surface area (Å²) in [6.07, 6.45) is 0. The summed E-state index contributed by atoms with van der Waals surface area (Å²) >= 11 is 6.18. The second-order valence-corrected chi connectivity index (χ2v) is 4.97. The lowest BCUT2D eigenvalue weighted by atomic mass is 10.2. The van der Waals surface area contributed by atoms with Gasteiger partial charge in [-0.15, -0.1) is 0 Å². The number of methoxy groups -OCH3 is 1. The monoisotopic (exact) mass is 287 g/mol. The normalized spacial score (nSPS) is 10.9. The fraction of sp³-hybridized carbons (Fsp3) is 0.133. The van der Waals surface area contributed by atoms with Crippen LogP contribution in [0.4, 0.5) is 5.95 Å². The van der Waals surface area contributed by atoms with E-state index in [9.17, 15) is 0 Å². The fourth-order valence-corrected chi connectivity index (χ4v) is 2.57. The number of nitrogens with two attached hydrogens (primary N) is 1. The third kappa shape index (κ3) is 1.89. The Labute approximate surface area is 121 Å². The summed E-state index contributed by atoms with van der Waals surface area (Å²) in [5.74, 6) is 1.07. The SMILES string of the molecule is COc1ccc(-n2c(N)nc3c(C)cccc32)cc1Cl. The molecule has 0 aliphatic carbocycles. The first-order valence-corrected chi connectivity index (χ1v) is 6.57. The third-order valence-electron chi connectivity index (χ3n) is 3.31. The number of benzene rings is 2. The topological polar surface area (TPSA) is 53.1 Å². The number of para-hydroxylation sites is 1. The molecule has 0 aliphatic rings. The number of anilines is 1. The van der Waals surface area contributed by atoms with Gasteiger partial charge in [-0.05, 0) is 36.8 Å². The number of hydrogen-bond acceptors (Lipinski definition) is 3. The van der Waals surface area contributed by atoms with Crippen molar-refractivity contribution in [2.75, 3.05) is 12.8 Å². The van der Waals surface area contributed by atoms with Crippen LogP contribution in [0.25, 0.3) is 16.7 Å². The zero-order valence-electron chi connectivity index (χ0n) is 11.2. The molecule has 2 aromatic carbocycles. The van der Waals surface area contributed by atoms with Crippen LogP contribution < -0.4 is 10.5 Å². The molecule has 4 nitrogen and oxygen atoms in total. The van der Waals surface area contributed by atoms with E-state index in [0.717, 1.165) is 22.3 Å². The molecule has 3 aromatic rings. The van der Waals surface area contributed by atoms with Gasteiger partial charge in [-0.3, -0.25) is 4.57 Å². The van der Waals surface area contributed by atoms with Crippen molar-refractivity contribution in [3.05, 3.63) is 47.0 Å². The molecule has 0 bridgehead atoms. The van der Waals surface area contributed by atoms with E-state index in [1.165, 1.54) is 0 Å². The predicted molar refractivity (Wildman–Crippen MR) is 81.8 cm³/mol. The molecule has 0 fully saturated rings. The van der Waals surface area contributed by atoms with Gasteiger partial charge in [-0.1, -0.05) is 23.7 Å². The van der Waals surface area contributed by atoms with Crippen LogP contribution in [0.5, 0.6) is 5.75 Å². The molecular formula is C15H14ClN3O. The summed E-state index contributed by atoms with van der Waals surface area (Å²) in [6.45, 7) is 2.01. The molecule has 0 unspecified atom stereocenters. The molecule has 3 rings (SSSR count). The first-order chi connectivity index (χ1) is 9.61. The van der Waals surface area contributed by atoms with Crippen LogP contribution in [-0.2, 0) is 0 Å². The molecule has 0 atom stereocenters. The Kier molecular flexibility index (Phi) is 3.03. The first kappa shape index (κ1) is 12.8. The number of rotatable bonds is 2. The van der Waals surface area contributed by atoms with E-state index in [0.29, 0.717) is 16.7 Å². The molecule has 5 heteroatoms. The maximum Gasteiger partial charge on any atom is 0.205 e. The van der Waals surface area contributed by atoms with Gasteiger partial charge in [0.2, 0.25) is 5.95 Å². The molecule has 102 valence electrons. The quantitative estimate of drug-likeness (QED) is 0.784. The Morgan fingerprint density at radius 1 is 1.25 bits per heavy atom. The Morgan fingerprint density at radius 2 is 2.05 bits per heavy atom. The van der Waals surface area contributed by atoms with Gasteiger partial charge in [0.15, 0.2) is 0 Å². The number of aryl methyl sites for hydroxylation is 1. The summed E-state index contributed by atoms with van der Waals surface area (Å²) in [7, 11) is 1.59. The Hall–Kier alpha value is -2.20. The Bertz CT molecular complexity index is 795. The second-order valence-electron chi connectivity index (χ2n) is 4.57. The van der Waals surface area contributed by atoms with Gasteiger partial charge in [0, 0.05) is 0 Å². The van der Waals surface area contributed by atoms with Gasteiger partial charge in [0.25, 0.3) is 0 Å². The maximum atomic E-state index is 6.18. The van der Waals surface area contributed by atoms with E-state index in [-0.39, 0.29) is 0 Å². The molecule has 1 heterocycles. The maximum absolute atomic E-state index is 6.18. The Balaban J connectivity index is 2.27. The number of nitrogens with zero attached hydrogens (tertiary/aromatic N) is 2. The van der Waals surface area contributed by atoms with Crippen LogP contribution in [0.3, 0.4) is 0 Å². The van der Waals surface area contributed by atoms with Crippen molar-refractivity contribution in [3.63, 3.8) is 0 Å². The summed E-state index contributed by atoms with van der Waals surface area (Å²) in [6, 6.07) is 11.5. The van der Waals surface area contributed by atoms with E-state index in [4.69, 9.17) is 22.1 Å². The van der Waals surface area contributed by atoms with Crippen LogP contribution in [0, 0.1) is 6.92 Å². The van der Waals surface area contributed by atoms with E-state index in [2.05, 4.69) is 4.98 Å². The van der Waals surface area contributed by atoms with Gasteiger partial charge >= 0.3 is 0 Å². The van der Waals surface area contributed by atoms with Crippen LogP contribution in [0.1, 0.15) is 5.56 Å². The van der Waals surface area contributed by atoms with Crippen molar-refractivity contribution in [3.8, 4) is 11.4 Å². The molecule has 0 saturated heterocycles. The van der Waals surface area contributed by atoms with Gasteiger partial charge in [0.05, 0.1) is 28.9 Å². The number of halogens is 1. The molecule has 20 heavy (non-hydrogen) atoms. The van der Waals surface area contributed by atoms with E-state index in [1.807, 2.05) is 47.9 Å². The lowest BCUT2D eigenvalue weighted by molar-refractivity contribution is 0.415. The number of imidazole rings is 1. The highest BCUT2D eigenvalue weighted by atomic mass is 35.5. The molecule has 2 N–H and O–H groups in total. The lowest BCUT2D eigenvalue weighted by Crippen LogP contribution is -2.00. The van der Waals surface area contributed by atoms with Gasteiger partial charge < -0.3 is 10.5 Å². The van der Waals surface area contributed by atoms with Gasteiger partial charge in [-0.25, -0.2) is 4.98 Å². The van der Waals surface area contributed by atoms with Crippen LogP contribution in [-0.4, -0.2) is 16.7 Å². The third-order valence-corrected chi connectivity index (χ3v) is 3.60. The van der Waals surface area contributed by atoms with E-state index < -0.39 is 0 Å². The average Bonchev–Trinajstić information content (AvgIpc) is 2.76. The standard InChI is InChI=1S/C15H14ClN3O/c1-9-4-3-5-12-14(9)18-15(17)19(12)10-6-7-13(20-2)11(16)8-10/h3-8H,1-2H3,(H2,17,18). The number of nitrogen functional groups attached to an aromatic ring is 1. The molecule has 0 radical (unpaired) electrons. The molecule has 0 spiro atoms. The van der Waals surface area contributed by atoms with Crippen molar-refractivity contribution >= 4 is 28.6 Å². The number of aromatic nitrogens is 2. The lowest BCUT2D eigenvalue weighted by Gasteiger charge is -2.09. The summed E-state index contributed by atoms with van der Waals surface area (Å²) < 4.78 is 7.05. The number of ether oxygens (including phenoxy) is 1. The average molecular weight is 288 g/mol. The largest absolute Gasteiger partial charge is 0.495 e. The van der Waals surface area contributed by atoms with Crippen molar-refractivity contribution in [1.29, 1.82) is 0 Å². The van der Waals surface area contributed by atoms with E-state index >= 15 is 0 Å². The Morgan fingerprint density at radius 3 is 2.75 bits per heavy atom. The van der Waals surface area contributed by atoms with Crippen molar-refractivity contribution in [2.45, 2.75) is 6.92 Å². The molecule has 0 aliphatic heterocycles. The van der Waals surface area contributed by atoms with Crippen molar-refractivity contribution < 1.29 is 4.74 Å². The fourth-order valence-electron chi connectivity index (χ4n) is 2.32. The van der Waals surface area contributed by atoms with E-state index in [1.54, 1.807) is 7.11 Å². The minimum absolute atomic E-state index is 0.440.